The highest BCUT2D eigenvalue weighted by atomic mass is 32.2. The van der Waals surface area contributed by atoms with Gasteiger partial charge in [-0.1, -0.05) is 0 Å². The normalized spacial score (nSPS) is 22.0. The van der Waals surface area contributed by atoms with Crippen molar-refractivity contribution in [1.29, 1.82) is 0 Å². The summed E-state index contributed by atoms with van der Waals surface area (Å²) in [6.45, 7) is 0.664. The molecule has 16 heteroatoms. The maximum Gasteiger partial charge on any atom is 0.245 e. The summed E-state index contributed by atoms with van der Waals surface area (Å²) in [5, 5.41) is 18.0. The second kappa shape index (κ2) is 10.7. The third-order valence-electron chi connectivity index (χ3n) is 6.46. The van der Waals surface area contributed by atoms with Gasteiger partial charge in [0.05, 0.1) is 38.0 Å². The van der Waals surface area contributed by atoms with Gasteiger partial charge < -0.3 is 24.2 Å². The van der Waals surface area contributed by atoms with Crippen molar-refractivity contribution in [3.05, 3.63) is 36.2 Å². The molecular formula is C22H27FN8O6S. The zero-order chi connectivity index (χ0) is 26.9. The number of sulfone groups is 1. The summed E-state index contributed by atoms with van der Waals surface area (Å²) in [7, 11) is -1.07. The summed E-state index contributed by atoms with van der Waals surface area (Å²) in [4.78, 5) is 17.7. The van der Waals surface area contributed by atoms with Gasteiger partial charge in [-0.25, -0.2) is 22.8 Å². The van der Waals surface area contributed by atoms with Crippen LogP contribution in [0.4, 0.5) is 10.3 Å². The van der Waals surface area contributed by atoms with Crippen LogP contribution in [0.2, 0.25) is 0 Å². The average Bonchev–Trinajstić information content (AvgIpc) is 3.58. The van der Waals surface area contributed by atoms with Gasteiger partial charge in [-0.2, -0.15) is 9.97 Å². The highest BCUT2D eigenvalue weighted by molar-refractivity contribution is 7.91. The predicted octanol–water partition coefficient (Wildman–Crippen LogP) is 0.410. The molecule has 0 aromatic carbocycles. The molecule has 0 aliphatic carbocycles. The van der Waals surface area contributed by atoms with Crippen molar-refractivity contribution in [2.45, 2.75) is 42.5 Å². The monoisotopic (exact) mass is 550 g/mol. The molecule has 5 rings (SSSR count). The van der Waals surface area contributed by atoms with E-state index in [1.54, 1.807) is 0 Å². The van der Waals surface area contributed by atoms with Gasteiger partial charge >= 0.3 is 0 Å². The lowest BCUT2D eigenvalue weighted by Crippen LogP contribution is -2.49. The summed E-state index contributed by atoms with van der Waals surface area (Å²) in [5.74, 6) is -0.249. The summed E-state index contributed by atoms with van der Waals surface area (Å²) >= 11 is 0. The lowest BCUT2D eigenvalue weighted by atomic mass is 10.1. The number of piperidine rings is 1. The van der Waals surface area contributed by atoms with Gasteiger partial charge in [-0.3, -0.25) is 4.57 Å². The van der Waals surface area contributed by atoms with Crippen molar-refractivity contribution < 1.29 is 32.1 Å². The molecule has 38 heavy (non-hydrogen) atoms. The van der Waals surface area contributed by atoms with Gasteiger partial charge in [0, 0.05) is 19.7 Å². The fourth-order valence-corrected chi connectivity index (χ4v) is 6.42. The maximum atomic E-state index is 13.7. The van der Waals surface area contributed by atoms with E-state index in [4.69, 9.17) is 14.2 Å². The lowest BCUT2D eigenvalue weighted by Gasteiger charge is -2.35. The quantitative estimate of drug-likeness (QED) is 0.410. The van der Waals surface area contributed by atoms with Crippen LogP contribution in [-0.4, -0.2) is 93.5 Å². The number of aliphatic hydroxyl groups is 1. The fraction of sp³-hybridized carbons (Fsp3) is 0.545. The molecule has 0 amide bonds. The Morgan fingerprint density at radius 2 is 1.82 bits per heavy atom. The Kier molecular flexibility index (Phi) is 7.36. The highest BCUT2D eigenvalue weighted by Gasteiger charge is 2.38. The van der Waals surface area contributed by atoms with Crippen LogP contribution in [0.5, 0.6) is 11.8 Å². The van der Waals surface area contributed by atoms with Gasteiger partial charge in [0.2, 0.25) is 17.7 Å². The summed E-state index contributed by atoms with van der Waals surface area (Å²) in [6, 6.07) is 0. The molecule has 5 heterocycles. The Bertz CT molecular complexity index is 1360. The van der Waals surface area contributed by atoms with Gasteiger partial charge in [-0.05, 0) is 19.3 Å². The number of hydrogen-bond donors (Lipinski definition) is 1. The molecule has 204 valence electrons. The number of halogens is 1. The van der Waals surface area contributed by atoms with Crippen molar-refractivity contribution in [3.63, 3.8) is 0 Å². The van der Waals surface area contributed by atoms with E-state index in [9.17, 15) is 17.9 Å². The van der Waals surface area contributed by atoms with E-state index in [1.807, 2.05) is 0 Å². The van der Waals surface area contributed by atoms with Crippen LogP contribution < -0.4 is 14.4 Å². The molecule has 3 aromatic heterocycles. The van der Waals surface area contributed by atoms with E-state index in [0.717, 1.165) is 18.8 Å². The number of rotatable bonds is 8. The first-order chi connectivity index (χ1) is 18.3. The van der Waals surface area contributed by atoms with E-state index in [-0.39, 0.29) is 48.7 Å². The molecule has 0 bridgehead atoms. The Hall–Kier alpha value is -3.50. The van der Waals surface area contributed by atoms with E-state index >= 15 is 0 Å². The van der Waals surface area contributed by atoms with Gasteiger partial charge in [0.25, 0.3) is 0 Å². The molecule has 14 nitrogen and oxygen atoms in total. The van der Waals surface area contributed by atoms with Crippen LogP contribution in [0.3, 0.4) is 0 Å². The molecular weight excluding hydrogens is 523 g/mol. The molecule has 3 atom stereocenters. The largest absolute Gasteiger partial charge is 0.479 e. The third kappa shape index (κ3) is 5.10. The fourth-order valence-electron chi connectivity index (χ4n) is 4.71. The second-order valence-corrected chi connectivity index (χ2v) is 11.3. The van der Waals surface area contributed by atoms with Crippen LogP contribution >= 0.6 is 0 Å². The van der Waals surface area contributed by atoms with E-state index in [0.29, 0.717) is 18.9 Å². The van der Waals surface area contributed by atoms with Crippen molar-refractivity contribution in [2.24, 2.45) is 0 Å². The number of methoxy groups -OCH3 is 2. The first kappa shape index (κ1) is 26.1. The highest BCUT2D eigenvalue weighted by Crippen LogP contribution is 2.36. The first-order valence-corrected chi connectivity index (χ1v) is 13.6. The summed E-state index contributed by atoms with van der Waals surface area (Å²) in [5.41, 5.74) is 0.253. The average molecular weight is 551 g/mol. The number of hydrogen-bond acceptors (Lipinski definition) is 13. The van der Waals surface area contributed by atoms with Crippen LogP contribution in [0.1, 0.15) is 37.0 Å². The second-order valence-electron chi connectivity index (χ2n) is 8.98. The Balaban J connectivity index is 1.51. The minimum Gasteiger partial charge on any atom is -0.479 e. The minimum absolute atomic E-state index is 0.00779. The predicted molar refractivity (Wildman–Crippen MR) is 129 cm³/mol. The van der Waals surface area contributed by atoms with Gasteiger partial charge in [0.1, 0.15) is 18.2 Å². The molecule has 2 aliphatic rings. The number of nitrogens with zero attached hydrogens (tertiary/aromatic N) is 8. The molecule has 2 fully saturated rings. The molecule has 0 saturated carbocycles. The third-order valence-corrected chi connectivity index (χ3v) is 8.47. The number of β-amino-alcohol motifs (C(OH)–C–C–N with tert-alkyl or cyclic N) is 1. The zero-order valence-corrected chi connectivity index (χ0v) is 21.6. The molecule has 3 aromatic rings. The van der Waals surface area contributed by atoms with Crippen molar-refractivity contribution >= 4 is 15.8 Å². The Morgan fingerprint density at radius 3 is 2.45 bits per heavy atom. The Morgan fingerprint density at radius 1 is 1.11 bits per heavy atom. The van der Waals surface area contributed by atoms with E-state index in [1.165, 1.54) is 30.0 Å². The van der Waals surface area contributed by atoms with Crippen molar-refractivity contribution in [3.8, 4) is 17.4 Å². The first-order valence-electron chi connectivity index (χ1n) is 11.9. The summed E-state index contributed by atoms with van der Waals surface area (Å²) < 4.78 is 58.9. The molecule has 2 saturated heterocycles. The van der Waals surface area contributed by atoms with E-state index in [2.05, 4.69) is 30.1 Å². The van der Waals surface area contributed by atoms with Gasteiger partial charge in [-0.15, -0.1) is 10.2 Å². The minimum atomic E-state index is -3.92. The molecule has 0 unspecified atom stereocenters. The zero-order valence-electron chi connectivity index (χ0n) is 20.8. The maximum absolute atomic E-state index is 13.7. The molecule has 0 radical (unpaired) electrons. The van der Waals surface area contributed by atoms with Crippen LogP contribution in [0.15, 0.2) is 18.7 Å². The van der Waals surface area contributed by atoms with Crippen LogP contribution in [0, 0.1) is 5.82 Å². The smallest absolute Gasteiger partial charge is 0.245 e. The van der Waals surface area contributed by atoms with Crippen molar-refractivity contribution in [2.75, 3.05) is 38.8 Å². The summed E-state index contributed by atoms with van der Waals surface area (Å²) in [6.07, 6.45) is 3.36. The number of ether oxygens (including phenoxy) is 3. The lowest BCUT2D eigenvalue weighted by molar-refractivity contribution is 0.103. The molecule has 2 aliphatic heterocycles. The number of aromatic nitrogens is 7. The Labute approximate surface area is 217 Å². The van der Waals surface area contributed by atoms with E-state index < -0.39 is 38.9 Å². The number of aliphatic hydroxyl groups excluding tert-OH is 1. The SMILES string of the molecule is COc1ncnc(OC)c1-n1c(CS(=O)(=O)[C@@H]2C[C@H](O)CN(c3ncc(F)cn3)C2)nnc1[C@@H]1CCCO1. The number of anilines is 1. The van der Waals surface area contributed by atoms with Crippen molar-refractivity contribution in [1.82, 2.24) is 34.7 Å². The molecule has 1 N–H and O–H groups in total. The van der Waals surface area contributed by atoms with Gasteiger partial charge in [0.15, 0.2) is 33.0 Å². The molecule has 0 spiro atoms. The van der Waals surface area contributed by atoms with Crippen LogP contribution in [0.25, 0.3) is 5.69 Å². The van der Waals surface area contributed by atoms with Crippen LogP contribution in [-0.2, 0) is 20.3 Å². The topological polar surface area (TPSA) is 168 Å². The standard InChI is InChI=1S/C22H27FN8O6S/c1-35-20-18(21(36-2)27-12-26-20)31-17(28-29-19(31)16-4-3-5-37-16)11-38(33,34)15-6-14(32)9-30(10-15)22-24-7-13(23)8-25-22/h7-8,12,14-16,32H,3-6,9-11H2,1-2H3/t14-,15+,16-/m0/s1.